The van der Waals surface area contributed by atoms with Crippen LogP contribution in [-0.2, 0) is 9.53 Å². The van der Waals surface area contributed by atoms with Crippen molar-refractivity contribution < 1.29 is 13.9 Å². The molecule has 102 valence electrons. The van der Waals surface area contributed by atoms with Crippen molar-refractivity contribution in [2.75, 3.05) is 0 Å². The summed E-state index contributed by atoms with van der Waals surface area (Å²) in [6, 6.07) is 0. The molecule has 0 spiro atoms. The zero-order valence-electron chi connectivity index (χ0n) is 11.1. The van der Waals surface area contributed by atoms with Gasteiger partial charge in [0.15, 0.2) is 0 Å². The standard InChI is InChI=1S/C16H19FO2/c1-16(10-11-6-7-13(16)8-11)19-15(18)12-4-2-3-5-14(17)9-12/h2-5,9,11,13-14H,6-8,10H2,1H3. The molecule has 4 unspecified atom stereocenters. The molecule has 0 amide bonds. The Bertz CT molecular complexity index is 477. The molecule has 4 atom stereocenters. The minimum atomic E-state index is -1.22. The van der Waals surface area contributed by atoms with Crippen molar-refractivity contribution >= 4 is 5.97 Å². The summed E-state index contributed by atoms with van der Waals surface area (Å²) < 4.78 is 19.1. The molecule has 3 rings (SSSR count). The Hall–Kier alpha value is -1.38. The average Bonchev–Trinajstić information content (AvgIpc) is 2.84. The van der Waals surface area contributed by atoms with Crippen LogP contribution in [0, 0.1) is 11.8 Å². The monoisotopic (exact) mass is 262 g/mol. The topological polar surface area (TPSA) is 26.3 Å². The first-order valence-corrected chi connectivity index (χ1v) is 7.01. The third kappa shape index (κ3) is 2.38. The fourth-order valence-electron chi connectivity index (χ4n) is 3.70. The van der Waals surface area contributed by atoms with Gasteiger partial charge in [-0.25, -0.2) is 9.18 Å². The van der Waals surface area contributed by atoms with Crippen LogP contribution in [0.25, 0.3) is 0 Å². The van der Waals surface area contributed by atoms with E-state index in [0.29, 0.717) is 17.4 Å². The third-order valence-corrected chi connectivity index (χ3v) is 4.68. The van der Waals surface area contributed by atoms with Gasteiger partial charge in [0.05, 0.1) is 5.57 Å². The molecule has 0 aromatic heterocycles. The maximum Gasteiger partial charge on any atom is 0.338 e. The molecule has 2 saturated carbocycles. The second-order valence-corrected chi connectivity index (χ2v) is 6.09. The number of rotatable bonds is 2. The molecular formula is C16H19FO2. The molecule has 19 heavy (non-hydrogen) atoms. The fourth-order valence-corrected chi connectivity index (χ4v) is 3.70. The molecule has 3 heteroatoms. The number of allylic oxidation sites excluding steroid dienone is 4. The number of halogens is 1. The second-order valence-electron chi connectivity index (χ2n) is 6.09. The maximum absolute atomic E-state index is 13.4. The normalized spacial score (nSPS) is 40.1. The first-order chi connectivity index (χ1) is 9.07. The molecule has 2 bridgehead atoms. The lowest BCUT2D eigenvalue weighted by Gasteiger charge is -2.33. The van der Waals surface area contributed by atoms with Gasteiger partial charge in [-0.05, 0) is 62.7 Å². The molecule has 0 N–H and O–H groups in total. The molecule has 2 fully saturated rings. The van der Waals surface area contributed by atoms with Crippen LogP contribution in [0.2, 0.25) is 0 Å². The van der Waals surface area contributed by atoms with E-state index >= 15 is 0 Å². The van der Waals surface area contributed by atoms with E-state index in [9.17, 15) is 9.18 Å². The highest BCUT2D eigenvalue weighted by atomic mass is 19.1. The Kier molecular flexibility index (Phi) is 3.08. The number of hydrogen-bond donors (Lipinski definition) is 0. The van der Waals surface area contributed by atoms with Gasteiger partial charge in [-0.15, -0.1) is 0 Å². The minimum Gasteiger partial charge on any atom is -0.455 e. The summed E-state index contributed by atoms with van der Waals surface area (Å²) in [5.41, 5.74) is -0.0262. The Morgan fingerprint density at radius 1 is 1.42 bits per heavy atom. The van der Waals surface area contributed by atoms with E-state index in [1.807, 2.05) is 6.92 Å². The summed E-state index contributed by atoms with van der Waals surface area (Å²) in [6.07, 6.45) is 11.0. The SMILES string of the molecule is CC1(OC(=O)C2=CC(F)C=CC=C2)CC2CCC1C2. The van der Waals surface area contributed by atoms with E-state index in [2.05, 4.69) is 0 Å². The third-order valence-electron chi connectivity index (χ3n) is 4.68. The van der Waals surface area contributed by atoms with Gasteiger partial charge >= 0.3 is 5.97 Å². The molecule has 0 saturated heterocycles. The van der Waals surface area contributed by atoms with Crippen molar-refractivity contribution in [1.82, 2.24) is 0 Å². The van der Waals surface area contributed by atoms with E-state index in [-0.39, 0.29) is 5.60 Å². The maximum atomic E-state index is 13.4. The fraction of sp³-hybridized carbons (Fsp3) is 0.562. The van der Waals surface area contributed by atoms with Crippen LogP contribution < -0.4 is 0 Å². The van der Waals surface area contributed by atoms with E-state index in [1.54, 1.807) is 18.2 Å². The smallest absolute Gasteiger partial charge is 0.338 e. The van der Waals surface area contributed by atoms with Crippen LogP contribution in [0.5, 0.6) is 0 Å². The van der Waals surface area contributed by atoms with Crippen molar-refractivity contribution in [3.8, 4) is 0 Å². The largest absolute Gasteiger partial charge is 0.455 e. The van der Waals surface area contributed by atoms with E-state index < -0.39 is 12.1 Å². The zero-order chi connectivity index (χ0) is 13.5. The second kappa shape index (κ2) is 4.62. The molecule has 0 heterocycles. The van der Waals surface area contributed by atoms with Gasteiger partial charge in [0.2, 0.25) is 0 Å². The Labute approximate surface area is 113 Å². The molecule has 3 aliphatic carbocycles. The molecule has 3 aliphatic rings. The number of ether oxygens (including phenoxy) is 1. The molecular weight excluding hydrogens is 243 g/mol. The van der Waals surface area contributed by atoms with Crippen molar-refractivity contribution in [3.05, 3.63) is 36.0 Å². The molecule has 0 aromatic carbocycles. The summed E-state index contributed by atoms with van der Waals surface area (Å²) in [4.78, 5) is 12.2. The summed E-state index contributed by atoms with van der Waals surface area (Å²) >= 11 is 0. The lowest BCUT2D eigenvalue weighted by Crippen LogP contribution is -2.37. The number of carbonyl (C=O) groups excluding carboxylic acids is 1. The van der Waals surface area contributed by atoms with Crippen molar-refractivity contribution in [3.63, 3.8) is 0 Å². The summed E-state index contributed by atoms with van der Waals surface area (Å²) in [5, 5.41) is 0. The van der Waals surface area contributed by atoms with Crippen LogP contribution in [0.3, 0.4) is 0 Å². The number of carbonyl (C=O) groups is 1. The van der Waals surface area contributed by atoms with E-state index in [1.165, 1.54) is 25.0 Å². The Balaban J connectivity index is 1.72. The van der Waals surface area contributed by atoms with Gasteiger partial charge in [-0.1, -0.05) is 12.2 Å². The highest BCUT2D eigenvalue weighted by Crippen LogP contribution is 2.52. The number of hydrogen-bond acceptors (Lipinski definition) is 2. The molecule has 0 radical (unpaired) electrons. The molecule has 0 aliphatic heterocycles. The molecule has 2 nitrogen and oxygen atoms in total. The molecule has 0 aromatic rings. The van der Waals surface area contributed by atoms with Gasteiger partial charge < -0.3 is 4.74 Å². The van der Waals surface area contributed by atoms with Crippen molar-refractivity contribution in [1.29, 1.82) is 0 Å². The quantitative estimate of drug-likeness (QED) is 0.712. The van der Waals surface area contributed by atoms with Crippen LogP contribution in [0.4, 0.5) is 4.39 Å². The van der Waals surface area contributed by atoms with Gasteiger partial charge in [-0.3, -0.25) is 0 Å². The first kappa shape index (κ1) is 12.6. The predicted molar refractivity (Wildman–Crippen MR) is 71.2 cm³/mol. The van der Waals surface area contributed by atoms with E-state index in [4.69, 9.17) is 4.74 Å². The lowest BCUT2D eigenvalue weighted by atomic mass is 9.85. The van der Waals surface area contributed by atoms with Crippen LogP contribution in [-0.4, -0.2) is 17.7 Å². The summed E-state index contributed by atoms with van der Waals surface area (Å²) in [5.74, 6) is 0.797. The number of alkyl halides is 1. The highest BCUT2D eigenvalue weighted by molar-refractivity contribution is 5.92. The summed E-state index contributed by atoms with van der Waals surface area (Å²) in [7, 11) is 0. The van der Waals surface area contributed by atoms with Crippen molar-refractivity contribution in [2.45, 2.75) is 44.4 Å². The minimum absolute atomic E-state index is 0.321. The van der Waals surface area contributed by atoms with Crippen LogP contribution in [0.1, 0.15) is 32.6 Å². The Morgan fingerprint density at radius 2 is 2.26 bits per heavy atom. The van der Waals surface area contributed by atoms with Crippen LogP contribution in [0.15, 0.2) is 36.0 Å². The predicted octanol–water partition coefficient (Wildman–Crippen LogP) is 3.50. The zero-order valence-corrected chi connectivity index (χ0v) is 11.1. The average molecular weight is 262 g/mol. The van der Waals surface area contributed by atoms with Gasteiger partial charge in [0.25, 0.3) is 0 Å². The summed E-state index contributed by atoms with van der Waals surface area (Å²) in [6.45, 7) is 2.03. The first-order valence-electron chi connectivity index (χ1n) is 7.01. The van der Waals surface area contributed by atoms with Gasteiger partial charge in [0, 0.05) is 0 Å². The van der Waals surface area contributed by atoms with Gasteiger partial charge in [-0.2, -0.15) is 0 Å². The number of esters is 1. The van der Waals surface area contributed by atoms with Crippen molar-refractivity contribution in [2.24, 2.45) is 11.8 Å². The van der Waals surface area contributed by atoms with Gasteiger partial charge in [0.1, 0.15) is 11.8 Å². The van der Waals surface area contributed by atoms with Crippen LogP contribution >= 0.6 is 0 Å². The number of fused-ring (bicyclic) bond motifs is 2. The van der Waals surface area contributed by atoms with E-state index in [0.717, 1.165) is 12.8 Å². The Morgan fingerprint density at radius 3 is 2.95 bits per heavy atom. The highest BCUT2D eigenvalue weighted by Gasteiger charge is 2.50. The lowest BCUT2D eigenvalue weighted by molar-refractivity contribution is -0.158.